The third kappa shape index (κ3) is 4.69. The number of hydroxylamine groups is 1. The molecule has 12 heteroatoms. The van der Waals surface area contributed by atoms with Crippen molar-refractivity contribution in [3.63, 3.8) is 0 Å². The molecule has 2 aromatic heterocycles. The van der Waals surface area contributed by atoms with Gasteiger partial charge in [0.1, 0.15) is 0 Å². The van der Waals surface area contributed by atoms with Crippen LogP contribution in [0, 0.1) is 0 Å². The lowest BCUT2D eigenvalue weighted by atomic mass is 10.1. The molecule has 0 unspecified atom stereocenters. The first-order chi connectivity index (χ1) is 15.7. The van der Waals surface area contributed by atoms with Crippen LogP contribution in [0.1, 0.15) is 10.4 Å². The van der Waals surface area contributed by atoms with E-state index in [2.05, 4.69) is 25.1 Å². The number of alkyl halides is 3. The molecule has 9 nitrogen and oxygen atoms in total. The Morgan fingerprint density at radius 2 is 1.82 bits per heavy atom. The molecule has 0 bridgehead atoms. The van der Waals surface area contributed by atoms with Gasteiger partial charge in [0, 0.05) is 33.9 Å². The molecule has 2 aromatic carbocycles. The molecule has 1 amide bonds. The number of aromatic nitrogens is 3. The van der Waals surface area contributed by atoms with Crippen LogP contribution in [0.5, 0.6) is 0 Å². The van der Waals surface area contributed by atoms with Crippen molar-refractivity contribution in [2.45, 2.75) is 6.18 Å². The zero-order valence-corrected chi connectivity index (χ0v) is 16.6. The second-order valence-corrected chi connectivity index (χ2v) is 6.75. The normalized spacial score (nSPS) is 11.2. The number of rotatable bonds is 4. The van der Waals surface area contributed by atoms with E-state index < -0.39 is 18.1 Å². The Kier molecular flexibility index (Phi) is 5.56. The SMILES string of the molecule is Nc1ncc(-c2ccc(C(=O)NOC(=O)C(F)(F)F)cc2)nc1Nc1cccc2[nH]ccc12. The molecule has 0 saturated carbocycles. The highest BCUT2D eigenvalue weighted by molar-refractivity contribution is 5.95. The Labute approximate surface area is 183 Å². The molecule has 0 saturated heterocycles. The lowest BCUT2D eigenvalue weighted by Crippen LogP contribution is -2.34. The maximum absolute atomic E-state index is 12.1. The van der Waals surface area contributed by atoms with Crippen LogP contribution in [0.2, 0.25) is 0 Å². The fourth-order valence-corrected chi connectivity index (χ4v) is 2.95. The van der Waals surface area contributed by atoms with Crippen molar-refractivity contribution < 1.29 is 27.6 Å². The number of fused-ring (bicyclic) bond motifs is 1. The third-order valence-electron chi connectivity index (χ3n) is 4.56. The number of benzene rings is 2. The van der Waals surface area contributed by atoms with Crippen molar-refractivity contribution in [3.05, 3.63) is 66.5 Å². The minimum absolute atomic E-state index is 0.0328. The van der Waals surface area contributed by atoms with E-state index in [-0.39, 0.29) is 11.4 Å². The van der Waals surface area contributed by atoms with Crippen molar-refractivity contribution >= 4 is 40.1 Å². The van der Waals surface area contributed by atoms with Gasteiger partial charge in [-0.1, -0.05) is 18.2 Å². The second-order valence-electron chi connectivity index (χ2n) is 6.75. The zero-order valence-electron chi connectivity index (χ0n) is 16.6. The number of hydrogen-bond acceptors (Lipinski definition) is 7. The fraction of sp³-hybridized carbons (Fsp3) is 0.0476. The van der Waals surface area contributed by atoms with Gasteiger partial charge in [-0.2, -0.15) is 18.7 Å². The Balaban J connectivity index is 1.51. The quantitative estimate of drug-likeness (QED) is 0.344. The number of amides is 1. The standard InChI is InChI=1S/C21H15F3N6O3/c22-21(23,24)20(32)33-30-19(31)12-6-4-11(5-7-12)16-10-27-17(25)18(29-16)28-15-3-1-2-14-13(15)8-9-26-14/h1-10,26H,(H2,25,27)(H,28,29)(H,30,31). The maximum Gasteiger partial charge on any atom is 0.493 e. The van der Waals surface area contributed by atoms with Crippen LogP contribution in [0.3, 0.4) is 0 Å². The van der Waals surface area contributed by atoms with E-state index in [1.54, 1.807) is 0 Å². The molecule has 0 spiro atoms. The summed E-state index contributed by atoms with van der Waals surface area (Å²) in [7, 11) is 0. The lowest BCUT2D eigenvalue weighted by Gasteiger charge is -2.11. The molecular weight excluding hydrogens is 441 g/mol. The molecule has 33 heavy (non-hydrogen) atoms. The first-order valence-electron chi connectivity index (χ1n) is 9.37. The minimum atomic E-state index is -5.22. The van der Waals surface area contributed by atoms with E-state index in [4.69, 9.17) is 5.73 Å². The number of halogens is 3. The van der Waals surface area contributed by atoms with Crippen molar-refractivity contribution in [1.82, 2.24) is 20.4 Å². The number of anilines is 3. The summed E-state index contributed by atoms with van der Waals surface area (Å²) in [5, 5.41) is 4.09. The van der Waals surface area contributed by atoms with Gasteiger partial charge in [0.15, 0.2) is 11.6 Å². The van der Waals surface area contributed by atoms with Crippen molar-refractivity contribution in [2.24, 2.45) is 0 Å². The summed E-state index contributed by atoms with van der Waals surface area (Å²) in [6.07, 6.45) is -1.97. The highest BCUT2D eigenvalue weighted by atomic mass is 19.4. The molecule has 5 N–H and O–H groups in total. The molecular formula is C21H15F3N6O3. The summed E-state index contributed by atoms with van der Waals surface area (Å²) in [6, 6.07) is 13.2. The Morgan fingerprint density at radius 1 is 1.06 bits per heavy atom. The molecule has 0 aliphatic rings. The molecule has 4 rings (SSSR count). The average Bonchev–Trinajstić information content (AvgIpc) is 3.28. The van der Waals surface area contributed by atoms with Crippen molar-refractivity contribution in [3.8, 4) is 11.3 Å². The number of H-pyrrole nitrogens is 1. The topological polar surface area (TPSA) is 135 Å². The molecule has 0 aliphatic heterocycles. The predicted molar refractivity (Wildman–Crippen MR) is 113 cm³/mol. The van der Waals surface area contributed by atoms with Crippen LogP contribution in [0.25, 0.3) is 22.2 Å². The van der Waals surface area contributed by atoms with Gasteiger partial charge in [0.05, 0.1) is 11.9 Å². The summed E-state index contributed by atoms with van der Waals surface area (Å²) in [5.74, 6) is -3.06. The van der Waals surface area contributed by atoms with Gasteiger partial charge < -0.3 is 20.9 Å². The molecule has 0 fully saturated rings. The Morgan fingerprint density at radius 3 is 2.55 bits per heavy atom. The van der Waals surface area contributed by atoms with Crippen LogP contribution in [-0.2, 0) is 9.63 Å². The summed E-state index contributed by atoms with van der Waals surface area (Å²) >= 11 is 0. The van der Waals surface area contributed by atoms with E-state index in [1.807, 2.05) is 30.5 Å². The number of carbonyl (C=O) groups is 2. The summed E-state index contributed by atoms with van der Waals surface area (Å²) in [5.41, 5.74) is 10.1. The van der Waals surface area contributed by atoms with E-state index in [1.165, 1.54) is 35.9 Å². The number of nitrogens with one attached hydrogen (secondary N) is 3. The van der Waals surface area contributed by atoms with E-state index in [0.29, 0.717) is 17.1 Å². The lowest BCUT2D eigenvalue weighted by molar-refractivity contribution is -0.204. The molecule has 0 aliphatic carbocycles. The van der Waals surface area contributed by atoms with Crippen LogP contribution in [-0.4, -0.2) is 33.0 Å². The van der Waals surface area contributed by atoms with E-state index in [0.717, 1.165) is 16.6 Å². The summed E-state index contributed by atoms with van der Waals surface area (Å²) < 4.78 is 36.4. The van der Waals surface area contributed by atoms with Gasteiger partial charge in [-0.3, -0.25) is 4.79 Å². The zero-order chi connectivity index (χ0) is 23.6. The minimum Gasteiger partial charge on any atom is -0.381 e. The van der Waals surface area contributed by atoms with E-state index in [9.17, 15) is 22.8 Å². The molecule has 0 radical (unpaired) electrons. The number of nitrogens with zero attached hydrogens (tertiary/aromatic N) is 2. The number of hydrogen-bond donors (Lipinski definition) is 4. The van der Waals surface area contributed by atoms with Crippen molar-refractivity contribution in [1.29, 1.82) is 0 Å². The van der Waals surface area contributed by atoms with Gasteiger partial charge in [-0.15, -0.1) is 0 Å². The first-order valence-corrected chi connectivity index (χ1v) is 9.37. The highest BCUT2D eigenvalue weighted by Gasteiger charge is 2.42. The Bertz CT molecular complexity index is 1340. The molecule has 4 aromatic rings. The van der Waals surface area contributed by atoms with Gasteiger partial charge in [-0.25, -0.2) is 14.8 Å². The molecule has 0 atom stereocenters. The second kappa shape index (κ2) is 8.49. The predicted octanol–water partition coefficient (Wildman–Crippen LogP) is 3.70. The van der Waals surface area contributed by atoms with Gasteiger partial charge >= 0.3 is 12.1 Å². The number of nitrogens with two attached hydrogens (primary N) is 1. The number of nitrogen functional groups attached to an aromatic ring is 1. The summed E-state index contributed by atoms with van der Waals surface area (Å²) in [4.78, 5) is 38.1. The van der Waals surface area contributed by atoms with Crippen LogP contribution in [0.15, 0.2) is 60.9 Å². The van der Waals surface area contributed by atoms with Crippen LogP contribution in [0.4, 0.5) is 30.5 Å². The molecule has 168 valence electrons. The van der Waals surface area contributed by atoms with Gasteiger partial charge in [-0.05, 0) is 30.3 Å². The Hall–Kier alpha value is -4.61. The monoisotopic (exact) mass is 456 g/mol. The maximum atomic E-state index is 12.1. The highest BCUT2D eigenvalue weighted by Crippen LogP contribution is 2.28. The number of carbonyl (C=O) groups excluding carboxylic acids is 2. The van der Waals surface area contributed by atoms with Crippen molar-refractivity contribution in [2.75, 3.05) is 11.1 Å². The average molecular weight is 456 g/mol. The van der Waals surface area contributed by atoms with Gasteiger partial charge in [0.25, 0.3) is 5.91 Å². The third-order valence-corrected chi connectivity index (χ3v) is 4.56. The fourth-order valence-electron chi connectivity index (χ4n) is 2.95. The smallest absolute Gasteiger partial charge is 0.381 e. The first kappa shape index (κ1) is 21.6. The number of aromatic amines is 1. The molecule has 2 heterocycles. The van der Waals surface area contributed by atoms with Crippen LogP contribution < -0.4 is 16.5 Å². The van der Waals surface area contributed by atoms with E-state index >= 15 is 0 Å². The van der Waals surface area contributed by atoms with Gasteiger partial charge in [0.2, 0.25) is 0 Å². The van der Waals surface area contributed by atoms with Crippen LogP contribution >= 0.6 is 0 Å². The summed E-state index contributed by atoms with van der Waals surface area (Å²) in [6.45, 7) is 0. The largest absolute Gasteiger partial charge is 0.493 e.